The fraction of sp³-hybridized carbons (Fsp3) is 0.667. The highest BCUT2D eigenvalue weighted by atomic mass is 16.5. The van der Waals surface area contributed by atoms with Crippen LogP contribution in [0.2, 0.25) is 0 Å². The number of nitrogens with one attached hydrogen (secondary N) is 1. The van der Waals surface area contributed by atoms with Gasteiger partial charge in [-0.15, -0.1) is 0 Å². The summed E-state index contributed by atoms with van der Waals surface area (Å²) in [6, 6.07) is 10.4. The van der Waals surface area contributed by atoms with Gasteiger partial charge in [0.2, 0.25) is 5.91 Å². The molecule has 2 aliphatic rings. The average Bonchev–Trinajstić information content (AvgIpc) is 3.31. The standard InChI is InChI=1S/C24H39N5O3/c1-3-25-24(29-12-10-21(19-29)20-32-18-17-31-2)26-11-9-23(30)28-15-13-27(14-16-28)22-7-5-4-6-8-22/h4-8,21H,3,9-20H2,1-2H3,(H,25,26). The van der Waals surface area contributed by atoms with E-state index in [-0.39, 0.29) is 5.91 Å². The summed E-state index contributed by atoms with van der Waals surface area (Å²) in [5.74, 6) is 1.62. The number of guanidine groups is 1. The lowest BCUT2D eigenvalue weighted by Crippen LogP contribution is -2.49. The summed E-state index contributed by atoms with van der Waals surface area (Å²) < 4.78 is 10.7. The molecule has 32 heavy (non-hydrogen) atoms. The number of nitrogens with zero attached hydrogens (tertiary/aromatic N) is 4. The predicted molar refractivity (Wildman–Crippen MR) is 128 cm³/mol. The van der Waals surface area contributed by atoms with Crippen molar-refractivity contribution in [3.05, 3.63) is 30.3 Å². The minimum atomic E-state index is 0.197. The number of anilines is 1. The van der Waals surface area contributed by atoms with Crippen LogP contribution in [0.15, 0.2) is 35.3 Å². The number of rotatable bonds is 10. The van der Waals surface area contributed by atoms with E-state index >= 15 is 0 Å². The molecule has 1 aromatic carbocycles. The van der Waals surface area contributed by atoms with Crippen molar-refractivity contribution in [3.8, 4) is 0 Å². The topological polar surface area (TPSA) is 69.6 Å². The second-order valence-electron chi connectivity index (χ2n) is 8.36. The Hall–Kier alpha value is -2.32. The van der Waals surface area contributed by atoms with Crippen molar-refractivity contribution in [1.29, 1.82) is 0 Å². The Labute approximate surface area is 192 Å². The molecule has 8 heteroatoms. The van der Waals surface area contributed by atoms with Crippen molar-refractivity contribution in [2.45, 2.75) is 19.8 Å². The molecule has 1 atom stereocenters. The first kappa shape index (κ1) is 24.3. The van der Waals surface area contributed by atoms with Crippen molar-refractivity contribution >= 4 is 17.6 Å². The van der Waals surface area contributed by atoms with E-state index in [9.17, 15) is 4.79 Å². The maximum atomic E-state index is 12.7. The largest absolute Gasteiger partial charge is 0.382 e. The summed E-state index contributed by atoms with van der Waals surface area (Å²) in [6.07, 6.45) is 1.56. The third-order valence-electron chi connectivity index (χ3n) is 6.05. The van der Waals surface area contributed by atoms with E-state index in [0.29, 0.717) is 32.1 Å². The quantitative estimate of drug-likeness (QED) is 0.336. The van der Waals surface area contributed by atoms with E-state index < -0.39 is 0 Å². The number of para-hydroxylation sites is 1. The molecule has 1 unspecified atom stereocenters. The second-order valence-corrected chi connectivity index (χ2v) is 8.36. The molecule has 0 aromatic heterocycles. The van der Waals surface area contributed by atoms with Gasteiger partial charge in [0.1, 0.15) is 0 Å². The van der Waals surface area contributed by atoms with Gasteiger partial charge in [-0.1, -0.05) is 18.2 Å². The van der Waals surface area contributed by atoms with Gasteiger partial charge in [-0.25, -0.2) is 0 Å². The van der Waals surface area contributed by atoms with Gasteiger partial charge in [-0.05, 0) is 25.5 Å². The number of ether oxygens (including phenoxy) is 2. The highest BCUT2D eigenvalue weighted by Gasteiger charge is 2.25. The minimum absolute atomic E-state index is 0.197. The number of piperazine rings is 1. The van der Waals surface area contributed by atoms with Gasteiger partial charge in [0.05, 0.1) is 26.4 Å². The zero-order chi connectivity index (χ0) is 22.6. The van der Waals surface area contributed by atoms with E-state index in [4.69, 9.17) is 14.5 Å². The summed E-state index contributed by atoms with van der Waals surface area (Å²) in [6.45, 7) is 10.7. The van der Waals surface area contributed by atoms with Crippen molar-refractivity contribution < 1.29 is 14.3 Å². The lowest BCUT2D eigenvalue weighted by molar-refractivity contribution is -0.131. The second kappa shape index (κ2) is 13.3. The van der Waals surface area contributed by atoms with Gasteiger partial charge in [-0.3, -0.25) is 9.79 Å². The first-order valence-corrected chi connectivity index (χ1v) is 11.9. The van der Waals surface area contributed by atoms with Crippen LogP contribution in [0.4, 0.5) is 5.69 Å². The summed E-state index contributed by atoms with van der Waals surface area (Å²) in [5, 5.41) is 3.38. The fourth-order valence-electron chi connectivity index (χ4n) is 4.25. The summed E-state index contributed by atoms with van der Waals surface area (Å²) in [4.78, 5) is 24.1. The van der Waals surface area contributed by atoms with Crippen LogP contribution in [0.3, 0.4) is 0 Å². The molecular weight excluding hydrogens is 406 g/mol. The highest BCUT2D eigenvalue weighted by Crippen LogP contribution is 2.17. The number of aliphatic imine (C=N–C) groups is 1. The van der Waals surface area contributed by atoms with Gasteiger partial charge >= 0.3 is 0 Å². The van der Waals surface area contributed by atoms with Crippen molar-refractivity contribution in [2.75, 3.05) is 84.2 Å². The number of carbonyl (C=O) groups excluding carboxylic acids is 1. The van der Waals surface area contributed by atoms with E-state index in [1.165, 1.54) is 5.69 Å². The molecule has 1 amide bonds. The van der Waals surface area contributed by atoms with Gasteiger partial charge in [-0.2, -0.15) is 0 Å². The number of amides is 1. The van der Waals surface area contributed by atoms with E-state index in [1.807, 2.05) is 11.0 Å². The number of hydrogen-bond donors (Lipinski definition) is 1. The van der Waals surface area contributed by atoms with Gasteiger partial charge < -0.3 is 29.5 Å². The van der Waals surface area contributed by atoms with Gasteiger partial charge in [0, 0.05) is 70.9 Å². The molecule has 2 aliphatic heterocycles. The summed E-state index contributed by atoms with van der Waals surface area (Å²) in [7, 11) is 1.69. The zero-order valence-corrected chi connectivity index (χ0v) is 19.7. The zero-order valence-electron chi connectivity index (χ0n) is 19.7. The average molecular weight is 446 g/mol. The Morgan fingerprint density at radius 1 is 1.09 bits per heavy atom. The molecule has 3 rings (SSSR count). The normalized spacial score (nSPS) is 19.5. The molecule has 0 saturated carbocycles. The number of hydrogen-bond acceptors (Lipinski definition) is 5. The number of likely N-dealkylation sites (tertiary alicyclic amines) is 1. The lowest BCUT2D eigenvalue weighted by Gasteiger charge is -2.36. The molecular formula is C24H39N5O3. The van der Waals surface area contributed by atoms with E-state index in [2.05, 4.69) is 46.3 Å². The van der Waals surface area contributed by atoms with Crippen molar-refractivity contribution in [3.63, 3.8) is 0 Å². The smallest absolute Gasteiger partial charge is 0.224 e. The highest BCUT2D eigenvalue weighted by molar-refractivity contribution is 5.81. The number of methoxy groups -OCH3 is 1. The van der Waals surface area contributed by atoms with Gasteiger partial charge in [0.15, 0.2) is 5.96 Å². The van der Waals surface area contributed by atoms with Crippen LogP contribution in [0.1, 0.15) is 19.8 Å². The maximum absolute atomic E-state index is 12.7. The molecule has 1 N–H and O–H groups in total. The third kappa shape index (κ3) is 7.38. The molecule has 0 aliphatic carbocycles. The molecule has 178 valence electrons. The van der Waals surface area contributed by atoms with E-state index in [1.54, 1.807) is 7.11 Å². The maximum Gasteiger partial charge on any atom is 0.224 e. The monoisotopic (exact) mass is 445 g/mol. The Morgan fingerprint density at radius 2 is 1.88 bits per heavy atom. The first-order chi connectivity index (χ1) is 15.7. The molecule has 0 radical (unpaired) electrons. The summed E-state index contributed by atoms with van der Waals surface area (Å²) in [5.41, 5.74) is 1.23. The van der Waals surface area contributed by atoms with Crippen LogP contribution in [0, 0.1) is 5.92 Å². The number of benzene rings is 1. The van der Waals surface area contributed by atoms with Crippen LogP contribution in [0.25, 0.3) is 0 Å². The van der Waals surface area contributed by atoms with Crippen LogP contribution < -0.4 is 10.2 Å². The van der Waals surface area contributed by atoms with Crippen LogP contribution in [0.5, 0.6) is 0 Å². The summed E-state index contributed by atoms with van der Waals surface area (Å²) >= 11 is 0. The van der Waals surface area contributed by atoms with Crippen molar-refractivity contribution in [1.82, 2.24) is 15.1 Å². The Bertz CT molecular complexity index is 707. The molecule has 0 bridgehead atoms. The van der Waals surface area contributed by atoms with Crippen LogP contribution in [-0.4, -0.2) is 101 Å². The Balaban J connectivity index is 1.40. The molecule has 2 fully saturated rings. The molecule has 1 aromatic rings. The van der Waals surface area contributed by atoms with Crippen LogP contribution in [-0.2, 0) is 14.3 Å². The fourth-order valence-corrected chi connectivity index (χ4v) is 4.25. The van der Waals surface area contributed by atoms with Gasteiger partial charge in [0.25, 0.3) is 0 Å². The number of carbonyl (C=O) groups is 1. The molecule has 8 nitrogen and oxygen atoms in total. The SMILES string of the molecule is CCNC(=NCCC(=O)N1CCN(c2ccccc2)CC1)N1CCC(COCCOC)C1. The van der Waals surface area contributed by atoms with Crippen LogP contribution >= 0.6 is 0 Å². The molecule has 2 saturated heterocycles. The molecule has 0 spiro atoms. The third-order valence-corrected chi connectivity index (χ3v) is 6.05. The van der Waals surface area contributed by atoms with Crippen molar-refractivity contribution in [2.24, 2.45) is 10.9 Å². The Morgan fingerprint density at radius 3 is 2.59 bits per heavy atom. The minimum Gasteiger partial charge on any atom is -0.382 e. The molecule has 2 heterocycles. The Kier molecular flexibility index (Phi) is 10.1. The predicted octanol–water partition coefficient (Wildman–Crippen LogP) is 1.68. The van der Waals surface area contributed by atoms with E-state index in [0.717, 1.165) is 64.8 Å². The first-order valence-electron chi connectivity index (χ1n) is 11.9. The lowest BCUT2D eigenvalue weighted by atomic mass is 10.1.